The van der Waals surface area contributed by atoms with Crippen LogP contribution >= 0.6 is 8.60 Å². The number of aliphatic hydroxyl groups excluding tert-OH is 2. The lowest BCUT2D eigenvalue weighted by Gasteiger charge is -2.58. The van der Waals surface area contributed by atoms with E-state index in [0.717, 1.165) is 38.5 Å². The minimum atomic E-state index is -1.59. The molecule has 0 aromatic heterocycles. The molecule has 7 nitrogen and oxygen atoms in total. The first-order valence-electron chi connectivity index (χ1n) is 18.0. The van der Waals surface area contributed by atoms with Gasteiger partial charge in [-0.05, 0) is 104 Å². The fraction of sp³-hybridized carbons (Fsp3) is 1.00. The van der Waals surface area contributed by atoms with Gasteiger partial charge in [0.2, 0.25) is 0 Å². The molecule has 2 N–H and O–H groups in total. The van der Waals surface area contributed by atoms with Gasteiger partial charge in [-0.2, -0.15) is 0 Å². The molecule has 8 heteroatoms. The number of hydrogen-bond donors (Lipinski definition) is 2. The van der Waals surface area contributed by atoms with Crippen LogP contribution in [0.4, 0.5) is 0 Å². The van der Waals surface area contributed by atoms with Crippen molar-refractivity contribution >= 4 is 8.60 Å². The molecule has 254 valence electrons. The van der Waals surface area contributed by atoms with Gasteiger partial charge in [0.15, 0.2) is 0 Å². The Morgan fingerprint density at radius 1 is 0.659 bits per heavy atom. The van der Waals surface area contributed by atoms with Crippen LogP contribution in [-0.4, -0.2) is 67.2 Å². The topological polar surface area (TPSA) is 86.6 Å². The average molecular weight is 639 g/mol. The number of fused-ring (bicyclic) bond motifs is 2. The second-order valence-corrected chi connectivity index (χ2v) is 18.9. The highest BCUT2D eigenvalue weighted by molar-refractivity contribution is 7.41. The lowest BCUT2D eigenvalue weighted by Crippen LogP contribution is -2.58. The molecule has 5 aliphatic carbocycles. The van der Waals surface area contributed by atoms with Crippen molar-refractivity contribution in [1.29, 1.82) is 0 Å². The van der Waals surface area contributed by atoms with Gasteiger partial charge in [0.1, 0.15) is 0 Å². The van der Waals surface area contributed by atoms with E-state index in [1.807, 2.05) is 14.2 Å². The lowest BCUT2D eigenvalue weighted by atomic mass is 9.57. The molecule has 1 aliphatic heterocycles. The lowest BCUT2D eigenvalue weighted by molar-refractivity contribution is -0.183. The van der Waals surface area contributed by atoms with Crippen molar-refractivity contribution in [2.24, 2.45) is 58.2 Å². The van der Waals surface area contributed by atoms with Gasteiger partial charge in [-0.1, -0.05) is 54.4 Å². The van der Waals surface area contributed by atoms with Gasteiger partial charge in [0.05, 0.1) is 42.7 Å². The largest absolute Gasteiger partial charge is 0.393 e. The van der Waals surface area contributed by atoms with Crippen LogP contribution in [0.3, 0.4) is 0 Å². The van der Waals surface area contributed by atoms with Crippen molar-refractivity contribution < 1.29 is 33.3 Å². The van der Waals surface area contributed by atoms with Gasteiger partial charge in [-0.3, -0.25) is 0 Å². The molecule has 1 heterocycles. The van der Waals surface area contributed by atoms with E-state index in [4.69, 9.17) is 23.0 Å². The van der Waals surface area contributed by atoms with Crippen LogP contribution in [0.2, 0.25) is 0 Å². The fourth-order valence-corrected chi connectivity index (χ4v) is 12.7. The van der Waals surface area contributed by atoms with Crippen molar-refractivity contribution in [3.63, 3.8) is 0 Å². The van der Waals surface area contributed by atoms with Crippen molar-refractivity contribution in [3.8, 4) is 0 Å². The van der Waals surface area contributed by atoms with Crippen molar-refractivity contribution in [3.05, 3.63) is 0 Å². The maximum atomic E-state index is 11.4. The molecule has 6 rings (SSSR count). The Balaban J connectivity index is 1.32. The van der Waals surface area contributed by atoms with Crippen LogP contribution < -0.4 is 0 Å². The molecule has 6 fully saturated rings. The smallest absolute Gasteiger partial charge is 0.333 e. The Labute approximate surface area is 268 Å². The maximum Gasteiger partial charge on any atom is 0.333 e. The zero-order chi connectivity index (χ0) is 31.6. The maximum absolute atomic E-state index is 11.4. The second kappa shape index (κ2) is 13.2. The molecule has 0 aromatic carbocycles. The first-order chi connectivity index (χ1) is 20.8. The molecule has 5 saturated carbocycles. The van der Waals surface area contributed by atoms with Gasteiger partial charge < -0.3 is 33.3 Å². The molecular formula is C36H63O7P. The minimum Gasteiger partial charge on any atom is -0.393 e. The van der Waals surface area contributed by atoms with E-state index in [-0.39, 0.29) is 77.2 Å². The van der Waals surface area contributed by atoms with Crippen LogP contribution in [0.1, 0.15) is 112 Å². The number of ether oxygens (including phenoxy) is 2. The van der Waals surface area contributed by atoms with Gasteiger partial charge in [-0.15, -0.1) is 0 Å². The molecule has 0 radical (unpaired) electrons. The summed E-state index contributed by atoms with van der Waals surface area (Å²) in [5, 5.41) is 22.7. The van der Waals surface area contributed by atoms with Gasteiger partial charge >= 0.3 is 8.60 Å². The highest BCUT2D eigenvalue weighted by Crippen LogP contribution is 2.63. The van der Waals surface area contributed by atoms with Crippen molar-refractivity contribution in [2.45, 2.75) is 155 Å². The summed E-state index contributed by atoms with van der Waals surface area (Å²) in [6.07, 6.45) is 10.8. The summed E-state index contributed by atoms with van der Waals surface area (Å²) in [6, 6.07) is 0. The first kappa shape index (κ1) is 34.0. The van der Waals surface area contributed by atoms with E-state index in [1.54, 1.807) is 0 Å². The van der Waals surface area contributed by atoms with E-state index in [1.165, 1.54) is 25.7 Å². The molecule has 44 heavy (non-hydrogen) atoms. The van der Waals surface area contributed by atoms with E-state index in [9.17, 15) is 10.2 Å². The Bertz CT molecular complexity index is 955. The van der Waals surface area contributed by atoms with Crippen LogP contribution in [0.25, 0.3) is 0 Å². The van der Waals surface area contributed by atoms with E-state index in [2.05, 4.69) is 41.5 Å². The summed E-state index contributed by atoms with van der Waals surface area (Å²) in [7, 11) is 2.12. The molecule has 0 spiro atoms. The zero-order valence-corrected chi connectivity index (χ0v) is 29.7. The SMILES string of the molecule is COC1CC(C2CC(O)CC(C(C)(C)C)C2OP2OC3CCCC4CC5CCCC(O)C5C(O2)C43)C(OC)C(C(C)(C)C)C1. The predicted octanol–water partition coefficient (Wildman–Crippen LogP) is 7.52. The normalized spacial score (nSPS) is 50.0. The number of aliphatic hydroxyl groups is 2. The van der Waals surface area contributed by atoms with Crippen molar-refractivity contribution in [1.82, 2.24) is 0 Å². The summed E-state index contributed by atoms with van der Waals surface area (Å²) in [6.45, 7) is 13.8. The monoisotopic (exact) mass is 638 g/mol. The van der Waals surface area contributed by atoms with Crippen LogP contribution in [0.15, 0.2) is 0 Å². The summed E-state index contributed by atoms with van der Waals surface area (Å²) < 4.78 is 33.6. The molecule has 0 amide bonds. The van der Waals surface area contributed by atoms with E-state index >= 15 is 0 Å². The third kappa shape index (κ3) is 6.58. The molecule has 16 unspecified atom stereocenters. The standard InChI is InChI=1S/C36H63O7P/c1-35(2,3)26-17-22(37)16-24(25-18-23(39-7)19-27(32(25)40-8)36(4,5)6)33(26)42-44-41-29-14-10-12-21-15-20-11-9-13-28(38)30(20)34(43-44)31(21)29/h20-34,37-38H,9-19H2,1-8H3. The summed E-state index contributed by atoms with van der Waals surface area (Å²) >= 11 is 0. The van der Waals surface area contributed by atoms with E-state index < -0.39 is 8.60 Å². The third-order valence-electron chi connectivity index (χ3n) is 13.2. The predicted molar refractivity (Wildman–Crippen MR) is 173 cm³/mol. The minimum absolute atomic E-state index is 0.0180. The number of hydrogen-bond acceptors (Lipinski definition) is 7. The Morgan fingerprint density at radius 2 is 1.30 bits per heavy atom. The highest BCUT2D eigenvalue weighted by Gasteiger charge is 2.59. The Hall–Kier alpha value is 0.150. The first-order valence-corrected chi connectivity index (χ1v) is 19.1. The zero-order valence-electron chi connectivity index (χ0n) is 28.8. The molecule has 0 aromatic rings. The Kier molecular flexibility index (Phi) is 10.2. The quantitative estimate of drug-likeness (QED) is 0.301. The molecular weight excluding hydrogens is 575 g/mol. The summed E-state index contributed by atoms with van der Waals surface area (Å²) in [4.78, 5) is 0. The van der Waals surface area contributed by atoms with E-state index in [0.29, 0.717) is 30.1 Å². The van der Waals surface area contributed by atoms with Gasteiger partial charge in [0.25, 0.3) is 0 Å². The highest BCUT2D eigenvalue weighted by atomic mass is 31.2. The average Bonchev–Trinajstić information content (AvgIpc) is 2.96. The second-order valence-electron chi connectivity index (χ2n) is 17.8. The number of methoxy groups -OCH3 is 2. The van der Waals surface area contributed by atoms with Crippen LogP contribution in [-0.2, 0) is 23.0 Å². The molecule has 0 bridgehead atoms. The number of rotatable bonds is 5. The van der Waals surface area contributed by atoms with Crippen molar-refractivity contribution in [2.75, 3.05) is 14.2 Å². The van der Waals surface area contributed by atoms with Crippen LogP contribution in [0, 0.1) is 58.2 Å². The summed E-state index contributed by atoms with van der Waals surface area (Å²) in [5.41, 5.74) is -0.00151. The van der Waals surface area contributed by atoms with Gasteiger partial charge in [0, 0.05) is 26.1 Å². The molecule has 6 aliphatic rings. The third-order valence-corrected chi connectivity index (χ3v) is 14.5. The summed E-state index contributed by atoms with van der Waals surface area (Å²) in [5.74, 6) is 2.51. The van der Waals surface area contributed by atoms with Crippen LogP contribution in [0.5, 0.6) is 0 Å². The fourth-order valence-electron chi connectivity index (χ4n) is 11.1. The van der Waals surface area contributed by atoms with Gasteiger partial charge in [-0.25, -0.2) is 0 Å². The Morgan fingerprint density at radius 3 is 1.95 bits per heavy atom. The molecule has 1 saturated heterocycles. The molecule has 16 atom stereocenters.